The van der Waals surface area contributed by atoms with Crippen LogP contribution in [0.1, 0.15) is 18.4 Å². The fourth-order valence-electron chi connectivity index (χ4n) is 2.39. The molecule has 1 fully saturated rings. The Morgan fingerprint density at radius 3 is 2.76 bits per heavy atom. The van der Waals surface area contributed by atoms with Gasteiger partial charge in [0.05, 0.1) is 0 Å². The predicted molar refractivity (Wildman–Crippen MR) is 84.2 cm³/mol. The number of carbonyl (C=O) groups excluding carboxylic acids is 1. The fraction of sp³-hybridized carbons (Fsp3) is 0.467. The van der Waals surface area contributed by atoms with Crippen molar-refractivity contribution >= 4 is 23.1 Å². The molecule has 1 aliphatic rings. The van der Waals surface area contributed by atoms with Gasteiger partial charge in [-0.15, -0.1) is 0 Å². The summed E-state index contributed by atoms with van der Waals surface area (Å²) in [5.74, 6) is 0.748. The average Bonchev–Trinajstić information content (AvgIpc) is 2.53. The molecule has 3 N–H and O–H groups in total. The van der Waals surface area contributed by atoms with Crippen LogP contribution in [0.3, 0.4) is 0 Å². The minimum absolute atomic E-state index is 0.00453. The highest BCUT2D eigenvalue weighted by Crippen LogP contribution is 2.17. The number of aliphatic hydroxyl groups excluding tert-OH is 1. The molecule has 6 heteroatoms. The number of thiocarbonyl (C=S) groups is 1. The third kappa shape index (κ3) is 4.41. The van der Waals surface area contributed by atoms with E-state index in [-0.39, 0.29) is 25.0 Å². The van der Waals surface area contributed by atoms with Crippen molar-refractivity contribution in [1.82, 2.24) is 4.90 Å². The molecule has 1 heterocycles. The van der Waals surface area contributed by atoms with Crippen molar-refractivity contribution < 1.29 is 14.6 Å². The molecule has 0 saturated carbocycles. The highest BCUT2D eigenvalue weighted by molar-refractivity contribution is 7.80. The Morgan fingerprint density at radius 2 is 2.14 bits per heavy atom. The highest BCUT2D eigenvalue weighted by atomic mass is 32.1. The van der Waals surface area contributed by atoms with Gasteiger partial charge in [-0.2, -0.15) is 0 Å². The topological polar surface area (TPSA) is 75.8 Å². The van der Waals surface area contributed by atoms with Crippen molar-refractivity contribution in [3.8, 4) is 5.75 Å². The van der Waals surface area contributed by atoms with Gasteiger partial charge >= 0.3 is 0 Å². The summed E-state index contributed by atoms with van der Waals surface area (Å²) in [7, 11) is 0. The summed E-state index contributed by atoms with van der Waals surface area (Å²) in [4.78, 5) is 14.2. The maximum absolute atomic E-state index is 12.1. The molecule has 1 unspecified atom stereocenters. The Balaban J connectivity index is 1.84. The maximum Gasteiger partial charge on any atom is 0.260 e. The molecule has 1 amide bonds. The molecule has 2 rings (SSSR count). The molecule has 1 aliphatic heterocycles. The molecule has 0 radical (unpaired) electrons. The Morgan fingerprint density at radius 1 is 1.43 bits per heavy atom. The molecule has 0 aliphatic carbocycles. The second-order valence-electron chi connectivity index (χ2n) is 5.21. The van der Waals surface area contributed by atoms with Gasteiger partial charge in [0, 0.05) is 25.3 Å². The summed E-state index contributed by atoms with van der Waals surface area (Å²) in [6.07, 6.45) is 1.90. The van der Waals surface area contributed by atoms with E-state index in [1.807, 2.05) is 0 Å². The van der Waals surface area contributed by atoms with E-state index in [1.54, 1.807) is 29.2 Å². The second-order valence-corrected chi connectivity index (χ2v) is 5.65. The third-order valence-corrected chi connectivity index (χ3v) is 3.87. The zero-order valence-electron chi connectivity index (χ0n) is 11.8. The minimum Gasteiger partial charge on any atom is -0.484 e. The van der Waals surface area contributed by atoms with Gasteiger partial charge in [-0.25, -0.2) is 0 Å². The molecule has 0 aromatic heterocycles. The molecule has 21 heavy (non-hydrogen) atoms. The summed E-state index contributed by atoms with van der Waals surface area (Å²) >= 11 is 4.88. The van der Waals surface area contributed by atoms with Crippen LogP contribution in [0.25, 0.3) is 0 Å². The first-order valence-corrected chi connectivity index (χ1v) is 7.42. The lowest BCUT2D eigenvalue weighted by Crippen LogP contribution is -2.43. The maximum atomic E-state index is 12.1. The van der Waals surface area contributed by atoms with Gasteiger partial charge in [0.15, 0.2) is 6.61 Å². The first-order valence-electron chi connectivity index (χ1n) is 7.01. The van der Waals surface area contributed by atoms with Gasteiger partial charge in [0.25, 0.3) is 5.91 Å². The minimum atomic E-state index is -0.0495. The Labute approximate surface area is 129 Å². The lowest BCUT2D eigenvalue weighted by molar-refractivity contribution is -0.135. The number of benzene rings is 1. The van der Waals surface area contributed by atoms with Crippen LogP contribution in [0.15, 0.2) is 24.3 Å². The SMILES string of the molecule is NC(=S)c1ccc(OCC(=O)N2CCCC(CO)C2)cc1. The molecule has 0 spiro atoms. The molecule has 5 nitrogen and oxygen atoms in total. The van der Waals surface area contributed by atoms with Crippen LogP contribution in [0.2, 0.25) is 0 Å². The number of rotatable bonds is 5. The Bertz CT molecular complexity index is 504. The van der Waals surface area contributed by atoms with Gasteiger partial charge in [0.1, 0.15) is 10.7 Å². The van der Waals surface area contributed by atoms with Crippen molar-refractivity contribution in [3.05, 3.63) is 29.8 Å². The third-order valence-electron chi connectivity index (χ3n) is 3.63. The van der Waals surface area contributed by atoms with Gasteiger partial charge in [0.2, 0.25) is 0 Å². The Hall–Kier alpha value is -1.66. The number of nitrogens with zero attached hydrogens (tertiary/aromatic N) is 1. The average molecular weight is 308 g/mol. The quantitative estimate of drug-likeness (QED) is 0.792. The molecule has 1 aromatic carbocycles. The second kappa shape index (κ2) is 7.38. The van der Waals surface area contributed by atoms with Crippen LogP contribution in [0.4, 0.5) is 0 Å². The molecule has 0 bridgehead atoms. The molecular weight excluding hydrogens is 288 g/mol. The van der Waals surface area contributed by atoms with Gasteiger partial charge in [-0.1, -0.05) is 12.2 Å². The van der Waals surface area contributed by atoms with Crippen LogP contribution in [-0.2, 0) is 4.79 Å². The zero-order valence-corrected chi connectivity index (χ0v) is 12.6. The summed E-state index contributed by atoms with van der Waals surface area (Å²) < 4.78 is 5.49. The number of nitrogens with two attached hydrogens (primary N) is 1. The summed E-state index contributed by atoms with van der Waals surface area (Å²) in [5.41, 5.74) is 6.29. The normalized spacial score (nSPS) is 18.3. The van der Waals surface area contributed by atoms with Crippen molar-refractivity contribution in [1.29, 1.82) is 0 Å². The van der Waals surface area contributed by atoms with E-state index in [2.05, 4.69) is 0 Å². The van der Waals surface area contributed by atoms with E-state index in [4.69, 9.17) is 22.7 Å². The van der Waals surface area contributed by atoms with E-state index in [9.17, 15) is 9.90 Å². The van der Waals surface area contributed by atoms with E-state index >= 15 is 0 Å². The number of likely N-dealkylation sites (tertiary alicyclic amines) is 1. The zero-order chi connectivity index (χ0) is 15.2. The van der Waals surface area contributed by atoms with E-state index in [0.29, 0.717) is 17.3 Å². The molecule has 1 saturated heterocycles. The number of aliphatic hydroxyl groups is 1. The van der Waals surface area contributed by atoms with Crippen LogP contribution >= 0.6 is 12.2 Å². The van der Waals surface area contributed by atoms with Crippen LogP contribution in [-0.4, -0.2) is 47.2 Å². The van der Waals surface area contributed by atoms with Gasteiger partial charge < -0.3 is 20.5 Å². The van der Waals surface area contributed by atoms with Crippen LogP contribution in [0.5, 0.6) is 5.75 Å². The van der Waals surface area contributed by atoms with Crippen molar-refractivity contribution in [2.45, 2.75) is 12.8 Å². The monoisotopic (exact) mass is 308 g/mol. The molecular formula is C15H20N2O3S. The lowest BCUT2D eigenvalue weighted by Gasteiger charge is -2.31. The largest absolute Gasteiger partial charge is 0.484 e. The number of hydrogen-bond acceptors (Lipinski definition) is 4. The molecule has 1 atom stereocenters. The highest BCUT2D eigenvalue weighted by Gasteiger charge is 2.23. The standard InChI is InChI=1S/C15H20N2O3S/c16-15(21)12-3-5-13(6-4-12)20-10-14(19)17-7-1-2-11(8-17)9-18/h3-6,11,18H,1-2,7-10H2,(H2,16,21). The molecule has 114 valence electrons. The summed E-state index contributed by atoms with van der Waals surface area (Å²) in [6, 6.07) is 7.03. The van der Waals surface area contributed by atoms with Gasteiger partial charge in [-0.3, -0.25) is 4.79 Å². The smallest absolute Gasteiger partial charge is 0.260 e. The number of amides is 1. The summed E-state index contributed by atoms with van der Waals surface area (Å²) in [6.45, 7) is 1.48. The molecule has 1 aromatic rings. The number of hydrogen-bond donors (Lipinski definition) is 2. The van der Waals surface area contributed by atoms with E-state index in [0.717, 1.165) is 24.9 Å². The first-order chi connectivity index (χ1) is 10.1. The Kier molecular flexibility index (Phi) is 5.52. The fourth-order valence-corrected chi connectivity index (χ4v) is 2.53. The number of ether oxygens (including phenoxy) is 1. The van der Waals surface area contributed by atoms with Crippen molar-refractivity contribution in [3.63, 3.8) is 0 Å². The first kappa shape index (κ1) is 15.7. The number of carbonyl (C=O) groups is 1. The van der Waals surface area contributed by atoms with Crippen molar-refractivity contribution in [2.24, 2.45) is 11.7 Å². The lowest BCUT2D eigenvalue weighted by atomic mass is 9.99. The summed E-state index contributed by atoms with van der Waals surface area (Å²) in [5, 5.41) is 9.18. The number of piperidine rings is 1. The van der Waals surface area contributed by atoms with Crippen molar-refractivity contribution in [2.75, 3.05) is 26.3 Å². The van der Waals surface area contributed by atoms with Crippen LogP contribution < -0.4 is 10.5 Å². The van der Waals surface area contributed by atoms with Crippen LogP contribution in [0, 0.1) is 5.92 Å². The van der Waals surface area contributed by atoms with Gasteiger partial charge in [-0.05, 0) is 43.0 Å². The predicted octanol–water partition coefficient (Wildman–Crippen LogP) is 0.930. The van der Waals surface area contributed by atoms with E-state index < -0.39 is 0 Å². The van der Waals surface area contributed by atoms with E-state index in [1.165, 1.54) is 0 Å².